The van der Waals surface area contributed by atoms with Crippen molar-refractivity contribution < 1.29 is 23.0 Å². The van der Waals surface area contributed by atoms with Crippen LogP contribution in [0.1, 0.15) is 53.1 Å². The summed E-state index contributed by atoms with van der Waals surface area (Å²) < 4.78 is 38.4. The molecule has 0 aromatic heterocycles. The first kappa shape index (κ1) is 19.0. The molecule has 2 aromatic carbocycles. The van der Waals surface area contributed by atoms with Crippen molar-refractivity contribution in [2.45, 2.75) is 37.7 Å². The number of hydrogen-bond donors (Lipinski definition) is 0. The average molecular weight is 371 g/mol. The number of halogens is 2. The monoisotopic (exact) mass is 371 g/mol. The van der Waals surface area contributed by atoms with Crippen molar-refractivity contribution in [1.82, 2.24) is 0 Å². The third-order valence-corrected chi connectivity index (χ3v) is 4.96. The van der Waals surface area contributed by atoms with Crippen LogP contribution in [0, 0.1) is 23.0 Å². The van der Waals surface area contributed by atoms with Gasteiger partial charge in [-0.25, -0.2) is 13.6 Å². The maximum Gasteiger partial charge on any atom is 0.346 e. The van der Waals surface area contributed by atoms with Crippen LogP contribution in [-0.2, 0) is 4.74 Å². The van der Waals surface area contributed by atoms with E-state index in [1.54, 1.807) is 19.2 Å². The van der Waals surface area contributed by atoms with Crippen LogP contribution in [-0.4, -0.2) is 19.2 Å². The van der Waals surface area contributed by atoms with E-state index in [-0.39, 0.29) is 28.9 Å². The van der Waals surface area contributed by atoms with Crippen LogP contribution in [0.5, 0.6) is 5.75 Å². The molecule has 0 aliphatic heterocycles. The zero-order valence-electron chi connectivity index (χ0n) is 14.9. The molecule has 140 valence electrons. The quantitative estimate of drug-likeness (QED) is 0.576. The van der Waals surface area contributed by atoms with Crippen LogP contribution < -0.4 is 4.74 Å². The zero-order chi connectivity index (χ0) is 19.4. The summed E-state index contributed by atoms with van der Waals surface area (Å²) in [5.74, 6) is -2.22. The highest BCUT2D eigenvalue weighted by Crippen LogP contribution is 2.34. The maximum absolute atomic E-state index is 14.5. The number of nitriles is 1. The van der Waals surface area contributed by atoms with Crippen molar-refractivity contribution in [1.29, 1.82) is 5.26 Å². The van der Waals surface area contributed by atoms with Gasteiger partial charge in [-0.2, -0.15) is 5.26 Å². The van der Waals surface area contributed by atoms with Crippen LogP contribution in [0.25, 0.3) is 0 Å². The first-order valence-corrected chi connectivity index (χ1v) is 8.76. The first-order valence-electron chi connectivity index (χ1n) is 8.76. The fraction of sp³-hybridized carbons (Fsp3) is 0.333. The topological polar surface area (TPSA) is 59.3 Å². The van der Waals surface area contributed by atoms with Gasteiger partial charge in [0, 0.05) is 13.2 Å². The van der Waals surface area contributed by atoms with Crippen LogP contribution in [0.4, 0.5) is 8.78 Å². The third-order valence-electron chi connectivity index (χ3n) is 4.96. The molecule has 0 heterocycles. The van der Waals surface area contributed by atoms with E-state index in [0.29, 0.717) is 0 Å². The smallest absolute Gasteiger partial charge is 0.346 e. The molecule has 0 bridgehead atoms. The summed E-state index contributed by atoms with van der Waals surface area (Å²) in [6.45, 7) is 0. The molecule has 1 aliphatic carbocycles. The highest BCUT2D eigenvalue weighted by Gasteiger charge is 2.24. The lowest BCUT2D eigenvalue weighted by molar-refractivity contribution is 0.0658. The molecule has 4 nitrogen and oxygen atoms in total. The van der Waals surface area contributed by atoms with Gasteiger partial charge < -0.3 is 9.47 Å². The number of rotatable bonds is 4. The molecule has 1 saturated carbocycles. The summed E-state index contributed by atoms with van der Waals surface area (Å²) in [6.07, 6.45) is 3.93. The molecule has 1 aliphatic rings. The van der Waals surface area contributed by atoms with Crippen LogP contribution >= 0.6 is 0 Å². The van der Waals surface area contributed by atoms with E-state index in [0.717, 1.165) is 37.3 Å². The molecule has 0 N–H and O–H groups in total. The third kappa shape index (κ3) is 4.32. The minimum Gasteiger partial charge on any atom is -0.423 e. The number of benzene rings is 2. The van der Waals surface area contributed by atoms with E-state index in [4.69, 9.17) is 14.7 Å². The Morgan fingerprint density at radius 2 is 1.81 bits per heavy atom. The molecule has 6 heteroatoms. The molecular weight excluding hydrogens is 352 g/mol. The lowest BCUT2D eigenvalue weighted by Gasteiger charge is -2.28. The van der Waals surface area contributed by atoms with Crippen molar-refractivity contribution in [3.05, 3.63) is 64.7 Å². The zero-order valence-corrected chi connectivity index (χ0v) is 14.9. The normalized spacial score (nSPS) is 19.3. The highest BCUT2D eigenvalue weighted by atomic mass is 19.1. The molecular formula is C21H19F2NO3. The van der Waals surface area contributed by atoms with Crippen LogP contribution in [0.3, 0.4) is 0 Å². The van der Waals surface area contributed by atoms with Gasteiger partial charge in [-0.15, -0.1) is 0 Å². The average Bonchev–Trinajstić information content (AvgIpc) is 2.68. The summed E-state index contributed by atoms with van der Waals surface area (Å²) in [5.41, 5.74) is 0.477. The van der Waals surface area contributed by atoms with Gasteiger partial charge in [-0.1, -0.05) is 6.07 Å². The van der Waals surface area contributed by atoms with E-state index in [1.165, 1.54) is 24.3 Å². The number of esters is 1. The van der Waals surface area contributed by atoms with E-state index in [2.05, 4.69) is 0 Å². The largest absolute Gasteiger partial charge is 0.423 e. The van der Waals surface area contributed by atoms with Crippen LogP contribution in [0.2, 0.25) is 0 Å². The molecule has 0 saturated heterocycles. The SMILES string of the molecule is COC1CCC(c2ccc(C(=O)Oc3ccc(C#N)c(F)c3)c(F)c2)CC1. The predicted molar refractivity (Wildman–Crippen MR) is 94.5 cm³/mol. The van der Waals surface area contributed by atoms with E-state index >= 15 is 0 Å². The number of methoxy groups -OCH3 is 1. The highest BCUT2D eigenvalue weighted by molar-refractivity contribution is 5.91. The number of hydrogen-bond acceptors (Lipinski definition) is 4. The summed E-state index contributed by atoms with van der Waals surface area (Å²) in [7, 11) is 1.70. The molecule has 0 unspecified atom stereocenters. The van der Waals surface area contributed by atoms with Gasteiger partial charge in [0.05, 0.1) is 17.2 Å². The Bertz CT molecular complexity index is 883. The Kier molecular flexibility index (Phi) is 5.82. The second-order valence-electron chi connectivity index (χ2n) is 6.59. The Balaban J connectivity index is 1.71. The van der Waals surface area contributed by atoms with Crippen molar-refractivity contribution >= 4 is 5.97 Å². The molecule has 27 heavy (non-hydrogen) atoms. The van der Waals surface area contributed by atoms with Gasteiger partial charge in [0.15, 0.2) is 0 Å². The standard InChI is InChI=1S/C21H19F2NO3/c1-26-16-6-2-13(3-7-16)14-5-9-18(20(23)10-14)21(25)27-17-8-4-15(12-24)19(22)11-17/h4-5,8-11,13,16H,2-3,6-7H2,1H3. The molecule has 0 atom stereocenters. The second-order valence-corrected chi connectivity index (χ2v) is 6.59. The van der Waals surface area contributed by atoms with Gasteiger partial charge in [0.2, 0.25) is 0 Å². The number of carbonyl (C=O) groups excluding carboxylic acids is 1. The summed E-state index contributed by atoms with van der Waals surface area (Å²) >= 11 is 0. The Morgan fingerprint density at radius 3 is 2.41 bits per heavy atom. The first-order chi connectivity index (χ1) is 13.0. The summed E-state index contributed by atoms with van der Waals surface area (Å²) in [6, 6.07) is 9.60. The Morgan fingerprint density at radius 1 is 1.07 bits per heavy atom. The van der Waals surface area contributed by atoms with Crippen molar-refractivity contribution in [3.8, 4) is 11.8 Å². The van der Waals surface area contributed by atoms with Crippen LogP contribution in [0.15, 0.2) is 36.4 Å². The van der Waals surface area contributed by atoms with Crippen molar-refractivity contribution in [3.63, 3.8) is 0 Å². The molecule has 2 aromatic rings. The number of ether oxygens (including phenoxy) is 2. The predicted octanol–water partition coefficient (Wildman–Crippen LogP) is 4.73. The molecule has 0 radical (unpaired) electrons. The fourth-order valence-electron chi connectivity index (χ4n) is 3.39. The Labute approximate surface area is 156 Å². The second kappa shape index (κ2) is 8.28. The number of nitrogens with zero attached hydrogens (tertiary/aromatic N) is 1. The van der Waals surface area contributed by atoms with E-state index in [9.17, 15) is 13.6 Å². The molecule has 3 rings (SSSR count). The minimum absolute atomic E-state index is 0.0853. The van der Waals surface area contributed by atoms with E-state index < -0.39 is 17.6 Å². The van der Waals surface area contributed by atoms with Crippen molar-refractivity contribution in [2.24, 2.45) is 0 Å². The van der Waals surface area contributed by atoms with Gasteiger partial charge in [-0.3, -0.25) is 0 Å². The van der Waals surface area contributed by atoms with Crippen molar-refractivity contribution in [2.75, 3.05) is 7.11 Å². The molecule has 1 fully saturated rings. The summed E-state index contributed by atoms with van der Waals surface area (Å²) in [4.78, 5) is 12.2. The van der Waals surface area contributed by atoms with Gasteiger partial charge in [0.1, 0.15) is 23.5 Å². The molecule has 0 amide bonds. The lowest BCUT2D eigenvalue weighted by atomic mass is 9.82. The number of carbonyl (C=O) groups is 1. The Hall–Kier alpha value is -2.78. The van der Waals surface area contributed by atoms with E-state index in [1.807, 2.05) is 0 Å². The lowest BCUT2D eigenvalue weighted by Crippen LogP contribution is -2.19. The van der Waals surface area contributed by atoms with Gasteiger partial charge >= 0.3 is 5.97 Å². The maximum atomic E-state index is 14.5. The molecule has 0 spiro atoms. The van der Waals surface area contributed by atoms with Gasteiger partial charge in [-0.05, 0) is 61.4 Å². The van der Waals surface area contributed by atoms with Gasteiger partial charge in [0.25, 0.3) is 0 Å². The minimum atomic E-state index is -0.911. The summed E-state index contributed by atoms with van der Waals surface area (Å²) in [5, 5.41) is 8.71. The fourth-order valence-corrected chi connectivity index (χ4v) is 3.39.